The van der Waals surface area contributed by atoms with Crippen LogP contribution in [0.1, 0.15) is 99.3 Å². The molecule has 2 aliphatic rings. The van der Waals surface area contributed by atoms with Crippen molar-refractivity contribution in [3.63, 3.8) is 0 Å². The Morgan fingerprint density at radius 2 is 1.06 bits per heavy atom. The molecule has 2 aromatic heterocycles. The Balaban J connectivity index is 0. The first-order valence-electron chi connectivity index (χ1n) is 13.0. The van der Waals surface area contributed by atoms with Crippen LogP contribution in [0.2, 0.25) is 0 Å². The summed E-state index contributed by atoms with van der Waals surface area (Å²) in [5.41, 5.74) is 3.52. The second-order valence-electron chi connectivity index (χ2n) is 11.4. The first kappa shape index (κ1) is 37.8. The molecule has 0 N–H and O–H groups in total. The maximum atomic E-state index is 4.62. The van der Waals surface area contributed by atoms with Crippen LogP contribution >= 0.6 is 15.8 Å². The van der Waals surface area contributed by atoms with Crippen molar-refractivity contribution in [3.05, 3.63) is 63.6 Å². The third-order valence-corrected chi connectivity index (χ3v) is 13.0. The molecule has 2 aliphatic carbocycles. The molecule has 0 aliphatic heterocycles. The summed E-state index contributed by atoms with van der Waals surface area (Å²) >= 11 is 0. The van der Waals surface area contributed by atoms with Crippen molar-refractivity contribution >= 4 is 26.7 Å². The van der Waals surface area contributed by atoms with Crippen molar-refractivity contribution in [2.24, 2.45) is 0 Å². The van der Waals surface area contributed by atoms with Gasteiger partial charge in [-0.25, -0.2) is 0 Å². The van der Waals surface area contributed by atoms with Gasteiger partial charge in [0.2, 0.25) is 0 Å². The van der Waals surface area contributed by atoms with Crippen molar-refractivity contribution in [1.29, 1.82) is 0 Å². The fourth-order valence-electron chi connectivity index (χ4n) is 4.52. The van der Waals surface area contributed by atoms with Crippen LogP contribution in [0.15, 0.2) is 48.8 Å². The smallest absolute Gasteiger partial charge is 0.358 e. The van der Waals surface area contributed by atoms with Crippen molar-refractivity contribution in [2.75, 3.05) is 6.66 Å². The topological polar surface area (TPSA) is 25.8 Å². The van der Waals surface area contributed by atoms with E-state index in [-0.39, 0.29) is 47.8 Å². The van der Waals surface area contributed by atoms with Gasteiger partial charge in [0, 0.05) is 12.4 Å². The Morgan fingerprint density at radius 3 is 1.39 bits per heavy atom. The van der Waals surface area contributed by atoms with E-state index in [1.54, 1.807) is 0 Å². The van der Waals surface area contributed by atoms with E-state index >= 15 is 0 Å². The van der Waals surface area contributed by atoms with Gasteiger partial charge in [-0.1, -0.05) is 107 Å². The fourth-order valence-corrected chi connectivity index (χ4v) is 9.23. The first-order valence-corrected chi connectivity index (χ1v) is 16.2. The Hall–Kier alpha value is -0.321. The molecule has 2 fully saturated rings. The van der Waals surface area contributed by atoms with Gasteiger partial charge in [-0.2, -0.15) is 0 Å². The molecule has 4 rings (SSSR count). The fraction of sp³-hybridized carbons (Fsp3) is 0.613. The van der Waals surface area contributed by atoms with Crippen LogP contribution in [0.5, 0.6) is 0 Å². The van der Waals surface area contributed by atoms with E-state index < -0.39 is 0 Å². The predicted octanol–water partition coefficient (Wildman–Crippen LogP) is 9.40. The zero-order chi connectivity index (χ0) is 24.3. The van der Waals surface area contributed by atoms with Crippen molar-refractivity contribution in [1.82, 2.24) is 9.97 Å². The van der Waals surface area contributed by atoms with E-state index in [0.717, 1.165) is 5.66 Å². The number of aromatic nitrogens is 2. The summed E-state index contributed by atoms with van der Waals surface area (Å²) in [5, 5.41) is 0.752. The summed E-state index contributed by atoms with van der Waals surface area (Å²) in [7, 11) is -0.237. The predicted molar refractivity (Wildman–Crippen MR) is 165 cm³/mol. The molecule has 0 aromatic carbocycles. The molecule has 2 atom stereocenters. The van der Waals surface area contributed by atoms with E-state index in [4.69, 9.17) is 0 Å². The van der Waals surface area contributed by atoms with Crippen LogP contribution in [0.25, 0.3) is 0 Å². The summed E-state index contributed by atoms with van der Waals surface area (Å²) in [4.78, 5) is 8.99. The van der Waals surface area contributed by atoms with Gasteiger partial charge in [0.25, 0.3) is 0 Å². The maximum absolute atomic E-state index is 4.62. The largest absolute Gasteiger partial charge is 2.00 e. The van der Waals surface area contributed by atoms with E-state index in [2.05, 4.69) is 82.4 Å². The molecular formula is C31H54FeN2P2. The monoisotopic (exact) mass is 572 g/mol. The number of pyridine rings is 2. The normalized spacial score (nSPS) is 17.0. The van der Waals surface area contributed by atoms with E-state index in [0.29, 0.717) is 10.3 Å². The minimum absolute atomic E-state index is 0. The Bertz CT molecular complexity index is 755. The van der Waals surface area contributed by atoms with Crippen LogP contribution in [-0.4, -0.2) is 32.6 Å². The van der Waals surface area contributed by atoms with E-state index in [1.807, 2.05) is 24.5 Å². The summed E-state index contributed by atoms with van der Waals surface area (Å²) in [6, 6.07) is 12.5. The van der Waals surface area contributed by atoms with Gasteiger partial charge in [-0.3, -0.25) is 9.97 Å². The molecule has 2 heterocycles. The zero-order valence-corrected chi connectivity index (χ0v) is 27.6. The second-order valence-corrected chi connectivity index (χ2v) is 17.5. The minimum atomic E-state index is -0.128. The average molecular weight is 573 g/mol. The molecule has 0 saturated heterocycles. The van der Waals surface area contributed by atoms with Gasteiger partial charge in [0.1, 0.15) is 0 Å². The van der Waals surface area contributed by atoms with Gasteiger partial charge in [-0.15, -0.1) is 0 Å². The molecule has 2 saturated carbocycles. The number of nitrogens with zero attached hydrogens (tertiary/aromatic N) is 2. The van der Waals surface area contributed by atoms with Crippen LogP contribution in [0.3, 0.4) is 0 Å². The number of hydrogen-bond donors (Lipinski definition) is 0. The molecule has 0 spiro atoms. The number of hydrogen-bond acceptors (Lipinski definition) is 2. The summed E-state index contributed by atoms with van der Waals surface area (Å²) in [6.07, 6.45) is 17.0. The van der Waals surface area contributed by atoms with E-state index in [1.165, 1.54) is 68.7 Å². The molecule has 0 bridgehead atoms. The van der Waals surface area contributed by atoms with Crippen LogP contribution in [0.4, 0.5) is 0 Å². The minimum Gasteiger partial charge on any atom is -0.358 e. The molecule has 5 heteroatoms. The average Bonchev–Trinajstić information content (AvgIpc) is 3.51. The zero-order valence-electron chi connectivity index (χ0n) is 24.7. The van der Waals surface area contributed by atoms with Crippen molar-refractivity contribution < 1.29 is 17.1 Å². The van der Waals surface area contributed by atoms with Crippen LogP contribution in [-0.2, 0) is 17.1 Å². The first-order chi connectivity index (χ1) is 15.6. The molecular weight excluding hydrogens is 518 g/mol. The van der Waals surface area contributed by atoms with Gasteiger partial charge >= 0.3 is 17.1 Å². The summed E-state index contributed by atoms with van der Waals surface area (Å²) < 4.78 is 0. The molecule has 2 unspecified atom stereocenters. The Labute approximate surface area is 238 Å². The third kappa shape index (κ3) is 13.5. The molecule has 0 radical (unpaired) electrons. The SMILES string of the molecule is C1CCCC1.CC(C)(C)P(c1ccccn1)C1CCCC1.CP(c1ccccn1)C(C)(C)C.[CH3-].[CH3-].[Fe+2]. The van der Waals surface area contributed by atoms with Crippen molar-refractivity contribution in [2.45, 2.75) is 115 Å². The number of rotatable bonds is 3. The van der Waals surface area contributed by atoms with Gasteiger partial charge in [0.15, 0.2) is 0 Å². The molecule has 206 valence electrons. The van der Waals surface area contributed by atoms with Crippen molar-refractivity contribution in [3.8, 4) is 0 Å². The summed E-state index contributed by atoms with van der Waals surface area (Å²) in [6.45, 7) is 16.2. The Morgan fingerprint density at radius 1 is 0.639 bits per heavy atom. The Kier molecular flexibility index (Phi) is 19.8. The van der Waals surface area contributed by atoms with E-state index in [9.17, 15) is 0 Å². The summed E-state index contributed by atoms with van der Waals surface area (Å²) in [5.74, 6) is 0. The second kappa shape index (κ2) is 18.9. The quantitative estimate of drug-likeness (QED) is 0.208. The standard InChI is InChI=1S/C14H22NP.C10H16NP.C5H10.2CH3.Fe/c1-14(2,3)16(12-8-4-5-9-12)13-10-6-7-11-15-13;1-10(2,3)12(4)9-7-5-6-8-11-9;1-2-4-5-3-1;;;/h6-7,10-12H,4-5,8-9H2,1-3H3;5-8H,1-4H3;1-5H2;2*1H3;/q;;;2*-1;+2. The molecule has 2 aromatic rings. The van der Waals surface area contributed by atoms with Crippen LogP contribution in [0, 0.1) is 14.9 Å². The molecule has 36 heavy (non-hydrogen) atoms. The maximum Gasteiger partial charge on any atom is 2.00 e. The molecule has 0 amide bonds. The van der Waals surface area contributed by atoms with Crippen LogP contribution < -0.4 is 10.9 Å². The van der Waals surface area contributed by atoms with Gasteiger partial charge < -0.3 is 14.9 Å². The van der Waals surface area contributed by atoms with Gasteiger partial charge in [0.05, 0.1) is 10.9 Å². The van der Waals surface area contributed by atoms with Gasteiger partial charge in [-0.05, 0) is 67.7 Å². The molecule has 2 nitrogen and oxygen atoms in total. The third-order valence-electron chi connectivity index (χ3n) is 6.56.